The molecule has 2 unspecified atom stereocenters. The Bertz CT molecular complexity index is 441. The molecule has 5 heteroatoms. The number of rotatable bonds is 5. The van der Waals surface area contributed by atoms with Crippen molar-refractivity contribution in [3.63, 3.8) is 0 Å². The molecule has 0 amide bonds. The lowest BCUT2D eigenvalue weighted by atomic mass is 10.1. The van der Waals surface area contributed by atoms with E-state index in [9.17, 15) is 0 Å². The summed E-state index contributed by atoms with van der Waals surface area (Å²) >= 11 is 0. The monoisotopic (exact) mass is 292 g/mol. The molecule has 21 heavy (non-hydrogen) atoms. The molecule has 0 saturated carbocycles. The number of aliphatic imine (C=N–C) groups is 1. The number of furan rings is 1. The van der Waals surface area contributed by atoms with Crippen LogP contribution in [0, 0.1) is 5.92 Å². The molecular weight excluding hydrogens is 264 g/mol. The van der Waals surface area contributed by atoms with Crippen molar-refractivity contribution in [2.45, 2.75) is 39.3 Å². The Balaban J connectivity index is 1.77. The van der Waals surface area contributed by atoms with Gasteiger partial charge in [0.15, 0.2) is 5.96 Å². The highest BCUT2D eigenvalue weighted by atomic mass is 16.3. The lowest BCUT2D eigenvalue weighted by molar-refractivity contribution is 0.265. The number of likely N-dealkylation sites (tertiary alicyclic amines) is 1. The molecule has 1 saturated heterocycles. The summed E-state index contributed by atoms with van der Waals surface area (Å²) in [6.07, 6.45) is 2.58. The number of guanidine groups is 1. The van der Waals surface area contributed by atoms with E-state index in [1.54, 1.807) is 6.26 Å². The van der Waals surface area contributed by atoms with Gasteiger partial charge in [0.1, 0.15) is 5.76 Å². The van der Waals surface area contributed by atoms with Crippen molar-refractivity contribution in [1.82, 2.24) is 15.5 Å². The van der Waals surface area contributed by atoms with Gasteiger partial charge in [-0.3, -0.25) is 9.89 Å². The summed E-state index contributed by atoms with van der Waals surface area (Å²) in [5.74, 6) is 2.51. The minimum Gasteiger partial charge on any atom is -0.469 e. The molecule has 0 aliphatic carbocycles. The van der Waals surface area contributed by atoms with Gasteiger partial charge in [-0.25, -0.2) is 0 Å². The van der Waals surface area contributed by atoms with Crippen LogP contribution in [-0.2, 0) is 6.42 Å². The van der Waals surface area contributed by atoms with Crippen molar-refractivity contribution in [1.29, 1.82) is 0 Å². The summed E-state index contributed by atoms with van der Waals surface area (Å²) in [7, 11) is 1.82. The normalized spacial score (nSPS) is 23.8. The molecule has 1 aliphatic rings. The van der Waals surface area contributed by atoms with Gasteiger partial charge in [0.2, 0.25) is 0 Å². The first-order valence-electron chi connectivity index (χ1n) is 7.83. The molecule has 1 aromatic heterocycles. The van der Waals surface area contributed by atoms with Crippen molar-refractivity contribution in [3.8, 4) is 0 Å². The van der Waals surface area contributed by atoms with Crippen LogP contribution in [0.5, 0.6) is 0 Å². The fourth-order valence-electron chi connectivity index (χ4n) is 2.74. The van der Waals surface area contributed by atoms with Gasteiger partial charge in [-0.05, 0) is 31.9 Å². The van der Waals surface area contributed by atoms with Crippen molar-refractivity contribution >= 4 is 5.96 Å². The van der Waals surface area contributed by atoms with E-state index in [0.29, 0.717) is 18.0 Å². The molecule has 1 aromatic rings. The lowest BCUT2D eigenvalue weighted by Gasteiger charge is -2.21. The second-order valence-electron chi connectivity index (χ2n) is 6.10. The predicted octanol–water partition coefficient (Wildman–Crippen LogP) is 1.72. The quantitative estimate of drug-likeness (QED) is 0.641. The average molecular weight is 292 g/mol. The molecule has 5 nitrogen and oxygen atoms in total. The van der Waals surface area contributed by atoms with E-state index < -0.39 is 0 Å². The van der Waals surface area contributed by atoms with E-state index in [4.69, 9.17) is 4.42 Å². The molecule has 0 bridgehead atoms. The maximum atomic E-state index is 5.33. The minimum absolute atomic E-state index is 0.460. The number of hydrogen-bond acceptors (Lipinski definition) is 3. The van der Waals surface area contributed by atoms with Crippen LogP contribution < -0.4 is 10.6 Å². The van der Waals surface area contributed by atoms with Gasteiger partial charge in [0.05, 0.1) is 6.26 Å². The Morgan fingerprint density at radius 2 is 2.29 bits per heavy atom. The Morgan fingerprint density at radius 1 is 1.48 bits per heavy atom. The Morgan fingerprint density at radius 3 is 2.86 bits per heavy atom. The van der Waals surface area contributed by atoms with Gasteiger partial charge in [-0.2, -0.15) is 0 Å². The smallest absolute Gasteiger partial charge is 0.191 e. The number of nitrogens with zero attached hydrogens (tertiary/aromatic N) is 2. The van der Waals surface area contributed by atoms with E-state index in [1.165, 1.54) is 0 Å². The fraction of sp³-hybridized carbons (Fsp3) is 0.688. The number of hydrogen-bond donors (Lipinski definition) is 2. The average Bonchev–Trinajstić information content (AvgIpc) is 3.08. The van der Waals surface area contributed by atoms with Crippen molar-refractivity contribution < 1.29 is 4.42 Å². The van der Waals surface area contributed by atoms with Crippen LogP contribution >= 0.6 is 0 Å². The van der Waals surface area contributed by atoms with Gasteiger partial charge in [0, 0.05) is 45.2 Å². The fourth-order valence-corrected chi connectivity index (χ4v) is 2.74. The first-order valence-corrected chi connectivity index (χ1v) is 7.83. The summed E-state index contributed by atoms with van der Waals surface area (Å²) in [6, 6.07) is 4.98. The molecule has 0 spiro atoms. The molecular formula is C16H28N4O. The maximum Gasteiger partial charge on any atom is 0.191 e. The second-order valence-corrected chi connectivity index (χ2v) is 6.10. The zero-order chi connectivity index (χ0) is 15.2. The molecule has 2 rings (SSSR count). The lowest BCUT2D eigenvalue weighted by Crippen LogP contribution is -2.47. The molecule has 1 aliphatic heterocycles. The van der Waals surface area contributed by atoms with E-state index in [-0.39, 0.29) is 0 Å². The van der Waals surface area contributed by atoms with Gasteiger partial charge in [-0.1, -0.05) is 6.92 Å². The van der Waals surface area contributed by atoms with Crippen molar-refractivity contribution in [3.05, 3.63) is 24.2 Å². The van der Waals surface area contributed by atoms with Crippen molar-refractivity contribution in [2.24, 2.45) is 10.9 Å². The maximum absolute atomic E-state index is 5.33. The topological polar surface area (TPSA) is 52.8 Å². The zero-order valence-corrected chi connectivity index (χ0v) is 13.6. The Hall–Kier alpha value is -1.49. The van der Waals surface area contributed by atoms with Crippen LogP contribution in [0.3, 0.4) is 0 Å². The molecule has 2 atom stereocenters. The van der Waals surface area contributed by atoms with Crippen LogP contribution in [0.1, 0.15) is 26.5 Å². The Labute approximate surface area is 127 Å². The molecule has 0 radical (unpaired) electrons. The third-order valence-corrected chi connectivity index (χ3v) is 4.16. The van der Waals surface area contributed by atoms with Crippen molar-refractivity contribution in [2.75, 3.05) is 26.7 Å². The first-order chi connectivity index (χ1) is 10.1. The summed E-state index contributed by atoms with van der Waals surface area (Å²) in [5, 5.41) is 6.91. The van der Waals surface area contributed by atoms with Crippen LogP contribution in [0.25, 0.3) is 0 Å². The van der Waals surface area contributed by atoms with Crippen LogP contribution in [0.15, 0.2) is 27.8 Å². The van der Waals surface area contributed by atoms with Gasteiger partial charge in [-0.15, -0.1) is 0 Å². The van der Waals surface area contributed by atoms with Gasteiger partial charge in [0.25, 0.3) is 0 Å². The molecule has 0 aromatic carbocycles. The summed E-state index contributed by atoms with van der Waals surface area (Å²) in [4.78, 5) is 6.83. The van der Waals surface area contributed by atoms with E-state index in [0.717, 1.165) is 37.8 Å². The SMILES string of the molecule is CN=C(NCCc1ccco1)NC1CN(C(C)C)CC1C. The van der Waals surface area contributed by atoms with Crippen LogP contribution in [0.4, 0.5) is 0 Å². The second kappa shape index (κ2) is 7.50. The van der Waals surface area contributed by atoms with E-state index >= 15 is 0 Å². The molecule has 118 valence electrons. The highest BCUT2D eigenvalue weighted by Crippen LogP contribution is 2.18. The summed E-state index contributed by atoms with van der Waals surface area (Å²) in [6.45, 7) is 9.87. The number of nitrogens with one attached hydrogen (secondary N) is 2. The van der Waals surface area contributed by atoms with Gasteiger partial charge >= 0.3 is 0 Å². The van der Waals surface area contributed by atoms with E-state index in [1.807, 2.05) is 19.2 Å². The third kappa shape index (κ3) is 4.49. The van der Waals surface area contributed by atoms with Crippen LogP contribution in [-0.4, -0.2) is 49.6 Å². The zero-order valence-electron chi connectivity index (χ0n) is 13.6. The Kier molecular flexibility index (Phi) is 5.67. The minimum atomic E-state index is 0.460. The van der Waals surface area contributed by atoms with Gasteiger partial charge < -0.3 is 15.1 Å². The predicted molar refractivity (Wildman–Crippen MR) is 86.6 cm³/mol. The molecule has 1 fully saturated rings. The summed E-state index contributed by atoms with van der Waals surface area (Å²) < 4.78 is 5.33. The van der Waals surface area contributed by atoms with Crippen LogP contribution in [0.2, 0.25) is 0 Å². The highest BCUT2D eigenvalue weighted by Gasteiger charge is 2.31. The standard InChI is InChI=1S/C16H28N4O/c1-12(2)20-10-13(3)15(11-20)19-16(17-4)18-8-7-14-6-5-9-21-14/h5-6,9,12-13,15H,7-8,10-11H2,1-4H3,(H2,17,18,19). The largest absolute Gasteiger partial charge is 0.469 e. The molecule has 2 heterocycles. The third-order valence-electron chi connectivity index (χ3n) is 4.16. The van der Waals surface area contributed by atoms with E-state index in [2.05, 4.69) is 41.3 Å². The molecule has 2 N–H and O–H groups in total. The highest BCUT2D eigenvalue weighted by molar-refractivity contribution is 5.80. The first kappa shape index (κ1) is 15.9. The summed E-state index contributed by atoms with van der Waals surface area (Å²) in [5.41, 5.74) is 0.